The molecule has 5 nitrogen and oxygen atoms in total. The Kier molecular flexibility index (Phi) is 4.05. The Morgan fingerprint density at radius 2 is 2.00 bits per heavy atom. The molecule has 1 saturated heterocycles. The second kappa shape index (κ2) is 5.48. The summed E-state index contributed by atoms with van der Waals surface area (Å²) in [6.45, 7) is 3.70. The van der Waals surface area contributed by atoms with E-state index in [1.807, 2.05) is 36.1 Å². The molecular formula is C16H21NO4. The minimum absolute atomic E-state index is 0.241. The van der Waals surface area contributed by atoms with Crippen molar-refractivity contribution in [1.29, 1.82) is 0 Å². The number of hydrogen-bond acceptors (Lipinski definition) is 4. The van der Waals surface area contributed by atoms with Gasteiger partial charge in [-0.05, 0) is 38.4 Å². The number of likely N-dealkylation sites (N-methyl/N-ethyl adjacent to an activating group) is 1. The maximum Gasteiger partial charge on any atom is 0.326 e. The Hall–Kier alpha value is -1.88. The second-order valence-corrected chi connectivity index (χ2v) is 5.83. The van der Waals surface area contributed by atoms with Crippen LogP contribution in [0.25, 0.3) is 0 Å². The van der Waals surface area contributed by atoms with Crippen LogP contribution in [0.3, 0.4) is 0 Å². The van der Waals surface area contributed by atoms with Gasteiger partial charge in [0.25, 0.3) is 0 Å². The van der Waals surface area contributed by atoms with Crippen LogP contribution < -0.4 is 0 Å². The first-order valence-electron chi connectivity index (χ1n) is 6.92. The number of carboxylic acids is 1. The number of ether oxygens (including phenoxy) is 1. The third-order valence-electron chi connectivity index (χ3n) is 4.64. The number of likely N-dealkylation sites (tertiary alicyclic amines) is 1. The average Bonchev–Trinajstić information content (AvgIpc) is 2.73. The lowest BCUT2D eigenvalue weighted by molar-refractivity contribution is -0.152. The van der Waals surface area contributed by atoms with Crippen molar-refractivity contribution in [2.24, 2.45) is 5.92 Å². The van der Waals surface area contributed by atoms with E-state index in [1.165, 1.54) is 7.11 Å². The molecule has 1 aromatic rings. The molecule has 21 heavy (non-hydrogen) atoms. The lowest BCUT2D eigenvalue weighted by Crippen LogP contribution is -2.47. The number of carbonyl (C=O) groups excluding carboxylic acids is 1. The van der Waals surface area contributed by atoms with Crippen molar-refractivity contribution in [1.82, 2.24) is 4.90 Å². The normalized spacial score (nSPS) is 29.3. The van der Waals surface area contributed by atoms with Crippen molar-refractivity contribution in [2.45, 2.75) is 31.8 Å². The van der Waals surface area contributed by atoms with Gasteiger partial charge in [0.05, 0.1) is 13.0 Å². The Labute approximate surface area is 124 Å². The summed E-state index contributed by atoms with van der Waals surface area (Å²) >= 11 is 0. The third-order valence-corrected chi connectivity index (χ3v) is 4.64. The van der Waals surface area contributed by atoms with E-state index in [9.17, 15) is 14.7 Å². The highest BCUT2D eigenvalue weighted by Crippen LogP contribution is 2.46. The van der Waals surface area contributed by atoms with Gasteiger partial charge in [-0.1, -0.05) is 24.3 Å². The highest BCUT2D eigenvalue weighted by atomic mass is 16.5. The van der Waals surface area contributed by atoms with Gasteiger partial charge in [-0.2, -0.15) is 0 Å². The molecule has 3 unspecified atom stereocenters. The van der Waals surface area contributed by atoms with Crippen molar-refractivity contribution in [3.8, 4) is 0 Å². The van der Waals surface area contributed by atoms with Crippen LogP contribution in [-0.2, 0) is 14.3 Å². The smallest absolute Gasteiger partial charge is 0.326 e. The highest BCUT2D eigenvalue weighted by Gasteiger charge is 2.55. The summed E-state index contributed by atoms with van der Waals surface area (Å²) in [5.74, 6) is -1.92. The molecule has 1 heterocycles. The molecule has 0 saturated carbocycles. The molecule has 2 rings (SSSR count). The van der Waals surface area contributed by atoms with E-state index in [0.29, 0.717) is 0 Å². The molecule has 0 radical (unpaired) electrons. The first-order valence-corrected chi connectivity index (χ1v) is 6.92. The molecule has 114 valence electrons. The summed E-state index contributed by atoms with van der Waals surface area (Å²) in [6.07, 6.45) is 0.241. The van der Waals surface area contributed by atoms with Gasteiger partial charge in [0.1, 0.15) is 5.54 Å². The van der Waals surface area contributed by atoms with E-state index in [0.717, 1.165) is 11.1 Å². The Morgan fingerprint density at radius 3 is 2.52 bits per heavy atom. The molecule has 0 aromatic heterocycles. The quantitative estimate of drug-likeness (QED) is 0.863. The lowest BCUT2D eigenvalue weighted by Gasteiger charge is -2.33. The number of aryl methyl sites for hydroxylation is 1. The zero-order valence-corrected chi connectivity index (χ0v) is 12.8. The van der Waals surface area contributed by atoms with Crippen LogP contribution >= 0.6 is 0 Å². The van der Waals surface area contributed by atoms with Crippen molar-refractivity contribution >= 4 is 11.9 Å². The first-order chi connectivity index (χ1) is 9.82. The number of methoxy groups -OCH3 is 1. The van der Waals surface area contributed by atoms with Crippen molar-refractivity contribution in [2.75, 3.05) is 14.2 Å². The first kappa shape index (κ1) is 15.5. The molecule has 0 bridgehead atoms. The number of nitrogens with zero attached hydrogens (tertiary/aromatic N) is 1. The van der Waals surface area contributed by atoms with E-state index >= 15 is 0 Å². The lowest BCUT2D eigenvalue weighted by atomic mass is 9.89. The van der Waals surface area contributed by atoms with Crippen molar-refractivity contribution in [3.63, 3.8) is 0 Å². The van der Waals surface area contributed by atoms with Gasteiger partial charge in [-0.15, -0.1) is 0 Å². The van der Waals surface area contributed by atoms with Crippen molar-refractivity contribution < 1.29 is 19.4 Å². The molecule has 5 heteroatoms. The summed E-state index contributed by atoms with van der Waals surface area (Å²) in [5, 5.41) is 9.56. The fraction of sp³-hybridized carbons (Fsp3) is 0.500. The Morgan fingerprint density at radius 1 is 1.38 bits per heavy atom. The number of rotatable bonds is 3. The molecule has 1 aliphatic heterocycles. The number of carboxylic acid groups (broad SMARTS) is 1. The summed E-state index contributed by atoms with van der Waals surface area (Å²) < 4.78 is 4.88. The summed E-state index contributed by atoms with van der Waals surface area (Å²) in [5.41, 5.74) is 1.04. The van der Waals surface area contributed by atoms with Gasteiger partial charge in [0.2, 0.25) is 0 Å². The van der Waals surface area contributed by atoms with Gasteiger partial charge in [-0.25, -0.2) is 0 Å². The number of benzene rings is 1. The van der Waals surface area contributed by atoms with Crippen LogP contribution in [0.15, 0.2) is 24.3 Å². The molecule has 1 fully saturated rings. The molecule has 1 N–H and O–H groups in total. The van der Waals surface area contributed by atoms with Gasteiger partial charge >= 0.3 is 11.9 Å². The van der Waals surface area contributed by atoms with Gasteiger partial charge in [0.15, 0.2) is 0 Å². The predicted molar refractivity (Wildman–Crippen MR) is 77.8 cm³/mol. The second-order valence-electron chi connectivity index (χ2n) is 5.83. The summed E-state index contributed by atoms with van der Waals surface area (Å²) in [6, 6.07) is 7.35. The Bertz CT molecular complexity index is 571. The molecule has 3 atom stereocenters. The minimum Gasteiger partial charge on any atom is -0.481 e. The van der Waals surface area contributed by atoms with Crippen LogP contribution in [-0.4, -0.2) is 41.6 Å². The molecular weight excluding hydrogens is 270 g/mol. The zero-order valence-electron chi connectivity index (χ0n) is 12.8. The molecule has 1 aliphatic rings. The third kappa shape index (κ3) is 2.42. The van der Waals surface area contributed by atoms with Gasteiger partial charge < -0.3 is 9.84 Å². The zero-order chi connectivity index (χ0) is 15.8. The fourth-order valence-corrected chi connectivity index (χ4v) is 3.27. The van der Waals surface area contributed by atoms with Crippen molar-refractivity contribution in [3.05, 3.63) is 35.4 Å². The highest BCUT2D eigenvalue weighted by molar-refractivity contribution is 5.83. The van der Waals surface area contributed by atoms with Crippen LogP contribution in [0, 0.1) is 12.8 Å². The van der Waals surface area contributed by atoms with Gasteiger partial charge in [-0.3, -0.25) is 14.5 Å². The number of aliphatic carboxylic acids is 1. The number of hydrogen-bond donors (Lipinski definition) is 1. The largest absolute Gasteiger partial charge is 0.481 e. The predicted octanol–water partition coefficient (Wildman–Crippen LogP) is 2.00. The monoisotopic (exact) mass is 291 g/mol. The maximum absolute atomic E-state index is 12.1. The Balaban J connectivity index is 2.50. The molecule has 0 aliphatic carbocycles. The molecule has 0 amide bonds. The SMILES string of the molecule is COC(=O)C1(C)CC(C(=O)O)C(c2ccccc2C)N1C. The number of esters is 1. The van der Waals surface area contributed by atoms with Crippen LogP contribution in [0.4, 0.5) is 0 Å². The minimum atomic E-state index is -0.926. The van der Waals surface area contributed by atoms with E-state index in [-0.39, 0.29) is 12.5 Å². The summed E-state index contributed by atoms with van der Waals surface area (Å²) in [4.78, 5) is 25.6. The standard InChI is InChI=1S/C16H21NO4/c1-10-7-5-6-8-11(10)13-12(14(18)19)9-16(2,17(13)3)15(20)21-4/h5-8,12-13H,9H2,1-4H3,(H,18,19). The number of carbonyl (C=O) groups is 2. The average molecular weight is 291 g/mol. The van der Waals surface area contributed by atoms with E-state index in [2.05, 4.69) is 0 Å². The van der Waals surface area contributed by atoms with Crippen LogP contribution in [0.2, 0.25) is 0 Å². The molecule has 0 spiro atoms. The fourth-order valence-electron chi connectivity index (χ4n) is 3.27. The van der Waals surface area contributed by atoms with Crippen LogP contribution in [0.1, 0.15) is 30.5 Å². The van der Waals surface area contributed by atoms with E-state index in [1.54, 1.807) is 14.0 Å². The van der Waals surface area contributed by atoms with E-state index in [4.69, 9.17) is 4.74 Å². The van der Waals surface area contributed by atoms with Gasteiger partial charge in [0, 0.05) is 6.04 Å². The summed E-state index contributed by atoms with van der Waals surface area (Å²) in [7, 11) is 3.12. The van der Waals surface area contributed by atoms with E-state index < -0.39 is 23.4 Å². The maximum atomic E-state index is 12.1. The molecule has 1 aromatic carbocycles. The topological polar surface area (TPSA) is 66.8 Å². The van der Waals surface area contributed by atoms with Crippen LogP contribution in [0.5, 0.6) is 0 Å².